The van der Waals surface area contributed by atoms with E-state index in [0.29, 0.717) is 11.8 Å². The fraction of sp³-hybridized carbons (Fsp3) is 0.667. The molecule has 0 N–H and O–H groups in total. The van der Waals surface area contributed by atoms with Crippen LogP contribution >= 0.6 is 0 Å². The Balaban J connectivity index is 1.99. The summed E-state index contributed by atoms with van der Waals surface area (Å²) < 4.78 is 17.1. The third kappa shape index (κ3) is 1.04. The van der Waals surface area contributed by atoms with Gasteiger partial charge in [-0.2, -0.15) is 0 Å². The molecule has 0 spiro atoms. The third-order valence-corrected chi connectivity index (χ3v) is 3.94. The van der Waals surface area contributed by atoms with Crippen molar-refractivity contribution in [3.63, 3.8) is 0 Å². The Kier molecular flexibility index (Phi) is 1.72. The number of fused-ring (bicyclic) bond motifs is 3. The zero-order chi connectivity index (χ0) is 10.7. The number of allylic oxidation sites excluding steroid dienone is 2. The van der Waals surface area contributed by atoms with Gasteiger partial charge >= 0.3 is 0 Å². The second-order valence-electron chi connectivity index (χ2n) is 4.64. The second kappa shape index (κ2) is 2.79. The quantitative estimate of drug-likeness (QED) is 0.612. The molecule has 0 aromatic rings. The standard InChI is InChI=1S/C12H16O3/c1-5-7(3)13-11-9(5)10-6(2)8(4)14-12(10)15-11/h9-12H,1-4H3/t9-,10-,11+,12+/m0/s1. The van der Waals surface area contributed by atoms with Gasteiger partial charge in [-0.3, -0.25) is 0 Å². The fourth-order valence-corrected chi connectivity index (χ4v) is 2.79. The summed E-state index contributed by atoms with van der Waals surface area (Å²) in [6.07, 6.45) is -0.244. The normalized spacial score (nSPS) is 42.9. The second-order valence-corrected chi connectivity index (χ2v) is 4.64. The van der Waals surface area contributed by atoms with Crippen LogP contribution in [-0.2, 0) is 14.2 Å². The van der Waals surface area contributed by atoms with Gasteiger partial charge in [0.1, 0.15) is 0 Å². The van der Waals surface area contributed by atoms with Crippen LogP contribution in [0.2, 0.25) is 0 Å². The molecule has 0 aromatic carbocycles. The first-order chi connectivity index (χ1) is 7.09. The van der Waals surface area contributed by atoms with Crippen molar-refractivity contribution >= 4 is 0 Å². The lowest BCUT2D eigenvalue weighted by molar-refractivity contribution is -0.175. The van der Waals surface area contributed by atoms with E-state index in [1.54, 1.807) is 0 Å². The topological polar surface area (TPSA) is 27.7 Å². The van der Waals surface area contributed by atoms with E-state index in [1.165, 1.54) is 11.1 Å². The molecule has 0 bridgehead atoms. The molecule has 82 valence electrons. The van der Waals surface area contributed by atoms with Crippen LogP contribution in [0, 0.1) is 11.8 Å². The third-order valence-electron chi connectivity index (χ3n) is 3.94. The largest absolute Gasteiger partial charge is 0.469 e. The Morgan fingerprint density at radius 3 is 1.53 bits per heavy atom. The van der Waals surface area contributed by atoms with Crippen molar-refractivity contribution in [2.45, 2.75) is 40.3 Å². The number of hydrogen-bond acceptors (Lipinski definition) is 3. The number of hydrogen-bond donors (Lipinski definition) is 0. The number of rotatable bonds is 0. The lowest BCUT2D eigenvalue weighted by atomic mass is 9.84. The van der Waals surface area contributed by atoms with Crippen LogP contribution in [0.4, 0.5) is 0 Å². The molecule has 1 fully saturated rings. The van der Waals surface area contributed by atoms with Crippen LogP contribution in [0.15, 0.2) is 22.7 Å². The van der Waals surface area contributed by atoms with E-state index in [0.717, 1.165) is 11.5 Å². The molecule has 15 heavy (non-hydrogen) atoms. The smallest absolute Gasteiger partial charge is 0.210 e. The van der Waals surface area contributed by atoms with Gasteiger partial charge in [0.2, 0.25) is 12.6 Å². The van der Waals surface area contributed by atoms with Crippen LogP contribution in [0.1, 0.15) is 27.7 Å². The minimum atomic E-state index is -0.122. The Morgan fingerprint density at radius 2 is 1.13 bits per heavy atom. The fourth-order valence-electron chi connectivity index (χ4n) is 2.79. The highest BCUT2D eigenvalue weighted by atomic mass is 16.8. The Labute approximate surface area is 89.7 Å². The molecular formula is C12H16O3. The van der Waals surface area contributed by atoms with E-state index in [2.05, 4.69) is 13.8 Å². The Morgan fingerprint density at radius 1 is 0.733 bits per heavy atom. The average molecular weight is 208 g/mol. The first kappa shape index (κ1) is 9.28. The molecular weight excluding hydrogens is 192 g/mol. The van der Waals surface area contributed by atoms with E-state index in [4.69, 9.17) is 14.2 Å². The molecule has 3 aliphatic heterocycles. The van der Waals surface area contributed by atoms with Crippen LogP contribution in [0.3, 0.4) is 0 Å². The first-order valence-electron chi connectivity index (χ1n) is 5.43. The maximum Gasteiger partial charge on any atom is 0.210 e. The van der Waals surface area contributed by atoms with Crippen molar-refractivity contribution < 1.29 is 14.2 Å². The van der Waals surface area contributed by atoms with Crippen LogP contribution in [0.5, 0.6) is 0 Å². The highest BCUT2D eigenvalue weighted by Gasteiger charge is 2.55. The van der Waals surface area contributed by atoms with Gasteiger partial charge in [0.25, 0.3) is 0 Å². The maximum atomic E-state index is 5.76. The molecule has 4 atom stereocenters. The van der Waals surface area contributed by atoms with Gasteiger partial charge in [-0.25, -0.2) is 0 Å². The molecule has 0 saturated carbocycles. The van der Waals surface area contributed by atoms with Crippen molar-refractivity contribution in [3.05, 3.63) is 22.7 Å². The predicted molar refractivity (Wildman–Crippen MR) is 54.6 cm³/mol. The molecule has 3 nitrogen and oxygen atoms in total. The minimum Gasteiger partial charge on any atom is -0.469 e. The van der Waals surface area contributed by atoms with E-state index in [9.17, 15) is 0 Å². The lowest BCUT2D eigenvalue weighted by Crippen LogP contribution is -2.19. The summed E-state index contributed by atoms with van der Waals surface area (Å²) in [5, 5.41) is 0. The minimum absolute atomic E-state index is 0.122. The highest BCUT2D eigenvalue weighted by molar-refractivity contribution is 5.27. The molecule has 0 amide bonds. The van der Waals surface area contributed by atoms with Gasteiger partial charge < -0.3 is 14.2 Å². The molecule has 0 aliphatic carbocycles. The summed E-state index contributed by atoms with van der Waals surface area (Å²) in [5.41, 5.74) is 2.62. The molecule has 3 heterocycles. The van der Waals surface area contributed by atoms with E-state index in [1.807, 2.05) is 13.8 Å². The molecule has 3 rings (SSSR count). The summed E-state index contributed by atoms with van der Waals surface area (Å²) >= 11 is 0. The van der Waals surface area contributed by atoms with Crippen molar-refractivity contribution in [2.24, 2.45) is 11.8 Å². The van der Waals surface area contributed by atoms with Gasteiger partial charge in [-0.1, -0.05) is 0 Å². The molecule has 1 saturated heterocycles. The van der Waals surface area contributed by atoms with Crippen molar-refractivity contribution in [3.8, 4) is 0 Å². The van der Waals surface area contributed by atoms with Crippen molar-refractivity contribution in [1.29, 1.82) is 0 Å². The van der Waals surface area contributed by atoms with Gasteiger partial charge in [-0.15, -0.1) is 0 Å². The molecule has 0 aromatic heterocycles. The Bertz CT molecular complexity index is 344. The van der Waals surface area contributed by atoms with Crippen LogP contribution < -0.4 is 0 Å². The maximum absolute atomic E-state index is 5.76. The summed E-state index contributed by atoms with van der Waals surface area (Å²) in [7, 11) is 0. The van der Waals surface area contributed by atoms with E-state index >= 15 is 0 Å². The predicted octanol–water partition coefficient (Wildman–Crippen LogP) is 2.55. The van der Waals surface area contributed by atoms with Crippen LogP contribution in [0.25, 0.3) is 0 Å². The zero-order valence-electron chi connectivity index (χ0n) is 9.53. The van der Waals surface area contributed by atoms with Gasteiger partial charge in [-0.05, 0) is 38.8 Å². The first-order valence-corrected chi connectivity index (χ1v) is 5.43. The van der Waals surface area contributed by atoms with Crippen molar-refractivity contribution in [2.75, 3.05) is 0 Å². The summed E-state index contributed by atoms with van der Waals surface area (Å²) in [5.74, 6) is 2.74. The van der Waals surface area contributed by atoms with Crippen LogP contribution in [-0.4, -0.2) is 12.6 Å². The van der Waals surface area contributed by atoms with Crippen molar-refractivity contribution in [1.82, 2.24) is 0 Å². The molecule has 0 radical (unpaired) electrons. The average Bonchev–Trinajstić information content (AvgIpc) is 2.72. The van der Waals surface area contributed by atoms with Gasteiger partial charge in [0.05, 0.1) is 23.4 Å². The monoisotopic (exact) mass is 208 g/mol. The SMILES string of the molecule is CC1=C(C)[C@@H]2[C@H](O1)O[C@H]1OC(C)=C(C)[C@H]12. The Hall–Kier alpha value is -0.960. The highest BCUT2D eigenvalue weighted by Crippen LogP contribution is 2.51. The zero-order valence-corrected chi connectivity index (χ0v) is 9.53. The summed E-state index contributed by atoms with van der Waals surface area (Å²) in [6.45, 7) is 8.28. The lowest BCUT2D eigenvalue weighted by Gasteiger charge is -2.14. The summed E-state index contributed by atoms with van der Waals surface area (Å²) in [6, 6.07) is 0. The van der Waals surface area contributed by atoms with E-state index < -0.39 is 0 Å². The molecule has 0 unspecified atom stereocenters. The number of ether oxygens (including phenoxy) is 3. The van der Waals surface area contributed by atoms with Gasteiger partial charge in [0, 0.05) is 0 Å². The molecule has 3 aliphatic rings. The van der Waals surface area contributed by atoms with E-state index in [-0.39, 0.29) is 12.6 Å². The molecule has 3 heteroatoms. The summed E-state index contributed by atoms with van der Waals surface area (Å²) in [4.78, 5) is 0. The van der Waals surface area contributed by atoms with Gasteiger partial charge in [0.15, 0.2) is 0 Å².